The second kappa shape index (κ2) is 9.68. The van der Waals surface area contributed by atoms with Gasteiger partial charge in [-0.05, 0) is 35.8 Å². The molecule has 1 aliphatic heterocycles. The SMILES string of the molecule is COC(=O)C[C@H]1OC(c2cccc(O[Si](C)(C)C(C)(C)C)c2)[C@@H](O)[C@@H](O)[C@@H]1OC(C)=O. The summed E-state index contributed by atoms with van der Waals surface area (Å²) in [6, 6.07) is 7.14. The Morgan fingerprint density at radius 1 is 1.16 bits per heavy atom. The number of hydrogen-bond acceptors (Lipinski definition) is 8. The fourth-order valence-corrected chi connectivity index (χ4v) is 4.19. The smallest absolute Gasteiger partial charge is 0.308 e. The van der Waals surface area contributed by atoms with E-state index in [4.69, 9.17) is 18.6 Å². The van der Waals surface area contributed by atoms with Crippen molar-refractivity contribution in [1.29, 1.82) is 0 Å². The second-order valence-corrected chi connectivity index (χ2v) is 14.1. The third-order valence-electron chi connectivity index (χ3n) is 5.95. The number of benzene rings is 1. The summed E-state index contributed by atoms with van der Waals surface area (Å²) >= 11 is 0. The molecular weight excluding hydrogens is 420 g/mol. The van der Waals surface area contributed by atoms with Crippen molar-refractivity contribution in [3.8, 4) is 5.75 Å². The zero-order valence-electron chi connectivity index (χ0n) is 19.2. The van der Waals surface area contributed by atoms with Gasteiger partial charge in [-0.25, -0.2) is 0 Å². The molecule has 1 aromatic carbocycles. The van der Waals surface area contributed by atoms with Crippen LogP contribution in [0.25, 0.3) is 0 Å². The van der Waals surface area contributed by atoms with E-state index in [2.05, 4.69) is 33.9 Å². The van der Waals surface area contributed by atoms with Crippen molar-refractivity contribution in [3.63, 3.8) is 0 Å². The maximum absolute atomic E-state index is 11.8. The Morgan fingerprint density at radius 2 is 1.81 bits per heavy atom. The molecule has 0 saturated carbocycles. The molecule has 0 amide bonds. The molecule has 0 aliphatic carbocycles. The molecule has 1 heterocycles. The van der Waals surface area contributed by atoms with Crippen LogP contribution < -0.4 is 4.43 Å². The average molecular weight is 455 g/mol. The number of carbonyl (C=O) groups excluding carboxylic acids is 2. The Labute approximate surface area is 184 Å². The summed E-state index contributed by atoms with van der Waals surface area (Å²) in [7, 11) is -0.857. The van der Waals surface area contributed by atoms with Crippen molar-refractivity contribution in [1.82, 2.24) is 0 Å². The molecule has 0 aromatic heterocycles. The number of rotatable bonds is 6. The van der Waals surface area contributed by atoms with Crippen LogP contribution in [-0.4, -0.2) is 62.0 Å². The molecule has 5 atom stereocenters. The highest BCUT2D eigenvalue weighted by Gasteiger charge is 2.48. The largest absolute Gasteiger partial charge is 0.543 e. The van der Waals surface area contributed by atoms with Gasteiger partial charge in [-0.3, -0.25) is 9.59 Å². The first-order valence-corrected chi connectivity index (χ1v) is 13.2. The van der Waals surface area contributed by atoms with Crippen LogP contribution in [0.5, 0.6) is 5.75 Å². The minimum atomic E-state index is -2.09. The Hall–Kier alpha value is -1.94. The molecule has 2 N–H and O–H groups in total. The predicted molar refractivity (Wildman–Crippen MR) is 116 cm³/mol. The quantitative estimate of drug-likeness (QED) is 0.499. The van der Waals surface area contributed by atoms with Crippen LogP contribution in [0.3, 0.4) is 0 Å². The van der Waals surface area contributed by atoms with Gasteiger partial charge in [0.05, 0.1) is 13.5 Å². The van der Waals surface area contributed by atoms with E-state index in [1.165, 1.54) is 14.0 Å². The van der Waals surface area contributed by atoms with Crippen LogP contribution in [0.2, 0.25) is 18.1 Å². The molecule has 1 fully saturated rings. The maximum Gasteiger partial charge on any atom is 0.308 e. The van der Waals surface area contributed by atoms with Crippen LogP contribution in [0, 0.1) is 0 Å². The van der Waals surface area contributed by atoms with Gasteiger partial charge < -0.3 is 28.8 Å². The van der Waals surface area contributed by atoms with Gasteiger partial charge in [-0.2, -0.15) is 0 Å². The zero-order chi connectivity index (χ0) is 23.6. The molecule has 1 aromatic rings. The molecule has 31 heavy (non-hydrogen) atoms. The molecule has 1 saturated heterocycles. The van der Waals surface area contributed by atoms with Gasteiger partial charge in [0.25, 0.3) is 0 Å². The van der Waals surface area contributed by atoms with Crippen molar-refractivity contribution < 1.29 is 38.4 Å². The molecule has 0 radical (unpaired) electrons. The standard InChI is InChI=1S/C22H34O8Si/c1-13(23)28-21-16(12-17(24)27-5)29-20(18(25)19(21)26)14-9-8-10-15(11-14)30-31(6,7)22(2,3)4/h8-11,16,18-21,25-26H,12H2,1-7H3/t16-,18+,19-,20?,21-/m1/s1. The lowest BCUT2D eigenvalue weighted by Crippen LogP contribution is -2.56. The monoisotopic (exact) mass is 454 g/mol. The fourth-order valence-electron chi connectivity index (χ4n) is 3.17. The van der Waals surface area contributed by atoms with E-state index in [9.17, 15) is 19.8 Å². The second-order valence-electron chi connectivity index (χ2n) is 9.37. The molecule has 2 rings (SSSR count). The lowest BCUT2D eigenvalue weighted by Gasteiger charge is -2.42. The Bertz CT molecular complexity index is 788. The summed E-state index contributed by atoms with van der Waals surface area (Å²) in [6.45, 7) is 11.9. The number of methoxy groups -OCH3 is 1. The first-order valence-electron chi connectivity index (χ1n) is 10.3. The van der Waals surface area contributed by atoms with Crippen LogP contribution in [0.15, 0.2) is 24.3 Å². The minimum Gasteiger partial charge on any atom is -0.543 e. The third-order valence-corrected chi connectivity index (χ3v) is 10.3. The molecule has 0 bridgehead atoms. The van der Waals surface area contributed by atoms with E-state index in [1.54, 1.807) is 18.2 Å². The van der Waals surface area contributed by atoms with Crippen LogP contribution in [-0.2, 0) is 23.8 Å². The van der Waals surface area contributed by atoms with E-state index in [1.807, 2.05) is 6.07 Å². The molecule has 0 spiro atoms. The Morgan fingerprint density at radius 3 is 2.35 bits per heavy atom. The minimum absolute atomic E-state index is 0.00289. The lowest BCUT2D eigenvalue weighted by atomic mass is 9.89. The zero-order valence-corrected chi connectivity index (χ0v) is 20.2. The van der Waals surface area contributed by atoms with Gasteiger partial charge in [0, 0.05) is 6.92 Å². The van der Waals surface area contributed by atoms with Gasteiger partial charge in [-0.15, -0.1) is 0 Å². The highest BCUT2D eigenvalue weighted by atomic mass is 28.4. The normalized spacial score (nSPS) is 26.8. The Balaban J connectivity index is 2.33. The highest BCUT2D eigenvalue weighted by Crippen LogP contribution is 2.39. The molecule has 8 nitrogen and oxygen atoms in total. The van der Waals surface area contributed by atoms with Gasteiger partial charge in [0.15, 0.2) is 6.10 Å². The number of carbonyl (C=O) groups is 2. The molecule has 1 unspecified atom stereocenters. The van der Waals surface area contributed by atoms with Gasteiger partial charge in [0.2, 0.25) is 8.32 Å². The van der Waals surface area contributed by atoms with Gasteiger partial charge in [0.1, 0.15) is 30.2 Å². The van der Waals surface area contributed by atoms with Crippen molar-refractivity contribution in [2.45, 2.75) is 82.8 Å². The van der Waals surface area contributed by atoms with Crippen molar-refractivity contribution in [2.75, 3.05) is 7.11 Å². The van der Waals surface area contributed by atoms with Crippen LogP contribution in [0.4, 0.5) is 0 Å². The summed E-state index contributed by atoms with van der Waals surface area (Å²) in [5.41, 5.74) is 0.582. The van der Waals surface area contributed by atoms with Crippen LogP contribution in [0.1, 0.15) is 45.8 Å². The van der Waals surface area contributed by atoms with Crippen molar-refractivity contribution in [2.24, 2.45) is 0 Å². The number of aliphatic hydroxyl groups is 2. The fraction of sp³-hybridized carbons (Fsp3) is 0.636. The van der Waals surface area contributed by atoms with E-state index >= 15 is 0 Å². The number of hydrogen-bond donors (Lipinski definition) is 2. The van der Waals surface area contributed by atoms with Gasteiger partial charge in [-0.1, -0.05) is 32.9 Å². The summed E-state index contributed by atoms with van der Waals surface area (Å²) in [5, 5.41) is 21.4. The Kier molecular flexibility index (Phi) is 7.91. The van der Waals surface area contributed by atoms with Crippen molar-refractivity contribution in [3.05, 3.63) is 29.8 Å². The maximum atomic E-state index is 11.8. The van der Waals surface area contributed by atoms with E-state index in [-0.39, 0.29) is 11.5 Å². The van der Waals surface area contributed by atoms with E-state index in [0.717, 1.165) is 0 Å². The molecular formula is C22H34O8Si. The summed E-state index contributed by atoms with van der Waals surface area (Å²) in [5.74, 6) is -0.599. The first-order chi connectivity index (χ1) is 14.3. The van der Waals surface area contributed by atoms with E-state index in [0.29, 0.717) is 11.3 Å². The van der Waals surface area contributed by atoms with Gasteiger partial charge >= 0.3 is 11.9 Å². The number of aliphatic hydroxyl groups excluding tert-OH is 2. The lowest BCUT2D eigenvalue weighted by molar-refractivity contribution is -0.236. The number of esters is 2. The van der Waals surface area contributed by atoms with Crippen LogP contribution >= 0.6 is 0 Å². The third kappa shape index (κ3) is 6.06. The summed E-state index contributed by atoms with van der Waals surface area (Å²) < 4.78 is 22.1. The summed E-state index contributed by atoms with van der Waals surface area (Å²) in [6.07, 6.45) is -6.18. The van der Waals surface area contributed by atoms with Crippen molar-refractivity contribution >= 4 is 20.3 Å². The molecule has 9 heteroatoms. The predicted octanol–water partition coefficient (Wildman–Crippen LogP) is 2.73. The van der Waals surface area contributed by atoms with E-state index < -0.39 is 50.8 Å². The first kappa shape index (κ1) is 25.3. The number of ether oxygens (including phenoxy) is 3. The summed E-state index contributed by atoms with van der Waals surface area (Å²) in [4.78, 5) is 23.3. The topological polar surface area (TPSA) is 112 Å². The molecule has 174 valence electrons. The average Bonchev–Trinajstić information content (AvgIpc) is 2.66. The highest BCUT2D eigenvalue weighted by molar-refractivity contribution is 6.74. The molecule has 1 aliphatic rings.